The van der Waals surface area contributed by atoms with Gasteiger partial charge in [-0.05, 0) is 78.3 Å². The molecule has 2 nitrogen and oxygen atoms in total. The Morgan fingerprint density at radius 2 is 0.700 bits per heavy atom. The van der Waals surface area contributed by atoms with Crippen LogP contribution >= 0.6 is 0 Å². The summed E-state index contributed by atoms with van der Waals surface area (Å²) in [6, 6.07) is 60.8. The summed E-state index contributed by atoms with van der Waals surface area (Å²) >= 11 is 0. The maximum Gasteiger partial charge on any atom is 0.147 e. The van der Waals surface area contributed by atoms with Gasteiger partial charge in [-0.3, -0.25) is 0 Å². The maximum absolute atomic E-state index is 6.60. The predicted octanol–water partition coefficient (Wildman–Crippen LogP) is 13.9. The van der Waals surface area contributed by atoms with Crippen LogP contribution < -0.4 is 0 Å². The minimum atomic E-state index is 0.848. The molecule has 0 amide bonds. The predicted molar refractivity (Wildman–Crippen MR) is 210 cm³/mol. The molecule has 2 aromatic heterocycles. The van der Waals surface area contributed by atoms with E-state index < -0.39 is 0 Å². The molecule has 0 radical (unpaired) electrons. The lowest BCUT2D eigenvalue weighted by molar-refractivity contribution is 0.658. The smallest absolute Gasteiger partial charge is 0.147 e. The van der Waals surface area contributed by atoms with Gasteiger partial charge in [0.15, 0.2) is 0 Å². The van der Waals surface area contributed by atoms with Crippen molar-refractivity contribution >= 4 is 76.2 Å². The van der Waals surface area contributed by atoms with Gasteiger partial charge >= 0.3 is 0 Å². The fourth-order valence-corrected chi connectivity index (χ4v) is 8.28. The van der Waals surface area contributed by atoms with Gasteiger partial charge in [0.1, 0.15) is 22.3 Å². The summed E-state index contributed by atoms with van der Waals surface area (Å²) in [6.45, 7) is 0. The van der Waals surface area contributed by atoms with Crippen molar-refractivity contribution in [1.82, 2.24) is 0 Å². The Morgan fingerprint density at radius 1 is 0.280 bits per heavy atom. The molecule has 0 bridgehead atoms. The zero-order valence-corrected chi connectivity index (χ0v) is 27.0. The molecule has 0 aliphatic heterocycles. The van der Waals surface area contributed by atoms with E-state index >= 15 is 0 Å². The van der Waals surface area contributed by atoms with Crippen molar-refractivity contribution in [2.75, 3.05) is 0 Å². The Labute approximate surface area is 287 Å². The van der Waals surface area contributed by atoms with Gasteiger partial charge in [-0.15, -0.1) is 0 Å². The van der Waals surface area contributed by atoms with Gasteiger partial charge in [-0.2, -0.15) is 0 Å². The van der Waals surface area contributed by atoms with E-state index in [2.05, 4.69) is 146 Å². The van der Waals surface area contributed by atoms with E-state index in [4.69, 9.17) is 8.83 Å². The molecule has 0 aliphatic rings. The van der Waals surface area contributed by atoms with E-state index in [1.165, 1.54) is 54.6 Å². The normalized spacial score (nSPS) is 12.0. The first kappa shape index (κ1) is 27.3. The highest BCUT2D eigenvalue weighted by atomic mass is 16.3. The maximum atomic E-state index is 6.60. The van der Waals surface area contributed by atoms with Gasteiger partial charge in [-0.1, -0.05) is 152 Å². The monoisotopic (exact) mass is 636 g/mol. The van der Waals surface area contributed by atoms with Crippen LogP contribution in [-0.4, -0.2) is 0 Å². The Hall–Kier alpha value is -6.64. The molecule has 0 aliphatic carbocycles. The molecule has 0 saturated carbocycles. The summed E-state index contributed by atoms with van der Waals surface area (Å²) in [5.74, 6) is 0. The summed E-state index contributed by atoms with van der Waals surface area (Å²) in [4.78, 5) is 0. The quantitative estimate of drug-likeness (QED) is 0.180. The lowest BCUT2D eigenvalue weighted by Gasteiger charge is -2.19. The molecular weight excluding hydrogens is 609 g/mol. The van der Waals surface area contributed by atoms with E-state index in [1.54, 1.807) is 0 Å². The Kier molecular flexibility index (Phi) is 5.70. The van der Waals surface area contributed by atoms with Crippen LogP contribution in [0.5, 0.6) is 0 Å². The molecule has 11 rings (SSSR count). The second kappa shape index (κ2) is 10.4. The lowest BCUT2D eigenvalue weighted by atomic mass is 9.84. The molecule has 0 unspecified atom stereocenters. The first-order valence-electron chi connectivity index (χ1n) is 17.1. The molecule has 2 heteroatoms. The van der Waals surface area contributed by atoms with Crippen molar-refractivity contribution in [3.63, 3.8) is 0 Å². The number of rotatable bonds is 3. The number of benzene rings is 9. The second-order valence-electron chi connectivity index (χ2n) is 13.1. The van der Waals surface area contributed by atoms with Crippen molar-refractivity contribution in [1.29, 1.82) is 0 Å². The Bertz CT molecular complexity index is 2990. The topological polar surface area (TPSA) is 26.3 Å². The molecule has 2 heterocycles. The highest BCUT2D eigenvalue weighted by Gasteiger charge is 2.22. The summed E-state index contributed by atoms with van der Waals surface area (Å²) in [5.41, 5.74) is 10.4. The van der Waals surface area contributed by atoms with E-state index in [0.29, 0.717) is 0 Å². The van der Waals surface area contributed by atoms with Crippen molar-refractivity contribution in [2.45, 2.75) is 0 Å². The second-order valence-corrected chi connectivity index (χ2v) is 13.1. The van der Waals surface area contributed by atoms with Gasteiger partial charge in [0.25, 0.3) is 0 Å². The SMILES string of the molecule is c1ccc2c(-c3c4ccccc4c(-c4ccc(-c5c6oc7ccccc7c6cc6c5oc5ccccc56)cc4)c4ccccc34)cccc2c1. The van der Waals surface area contributed by atoms with Gasteiger partial charge in [0.05, 0.1) is 5.56 Å². The van der Waals surface area contributed by atoms with Crippen LogP contribution in [-0.2, 0) is 0 Å². The summed E-state index contributed by atoms with van der Waals surface area (Å²) in [7, 11) is 0. The van der Waals surface area contributed by atoms with Gasteiger partial charge in [0, 0.05) is 21.5 Å². The van der Waals surface area contributed by atoms with Crippen LogP contribution in [0.15, 0.2) is 179 Å². The first-order chi connectivity index (χ1) is 24.8. The molecule has 11 aromatic rings. The zero-order chi connectivity index (χ0) is 32.8. The number of hydrogen-bond acceptors (Lipinski definition) is 2. The minimum absolute atomic E-state index is 0.848. The number of hydrogen-bond donors (Lipinski definition) is 0. The molecule has 0 atom stereocenters. The standard InChI is InChI=1S/C48H28O2/c1-2-14-32-29(12-1)13-11-21-35(32)46-38-19-5-3-17-36(38)44(37-18-4-6-20-39(37)46)30-24-26-31(27-25-30)45-47-40(33-15-7-9-22-42(33)49-47)28-41-34-16-8-10-23-43(34)50-48(41)45/h1-28H. The number of fused-ring (bicyclic) bond motifs is 9. The Balaban J connectivity index is 1.17. The highest BCUT2D eigenvalue weighted by Crippen LogP contribution is 2.47. The largest absolute Gasteiger partial charge is 0.455 e. The number of furan rings is 2. The highest BCUT2D eigenvalue weighted by molar-refractivity contribution is 6.24. The Morgan fingerprint density at radius 3 is 1.26 bits per heavy atom. The third kappa shape index (κ3) is 3.85. The van der Waals surface area contributed by atoms with Gasteiger partial charge < -0.3 is 8.83 Å². The van der Waals surface area contributed by atoms with Crippen LogP contribution in [0.3, 0.4) is 0 Å². The minimum Gasteiger partial charge on any atom is -0.455 e. The molecule has 0 fully saturated rings. The van der Waals surface area contributed by atoms with Crippen LogP contribution in [0.2, 0.25) is 0 Å². The van der Waals surface area contributed by atoms with Crippen molar-refractivity contribution in [3.8, 4) is 33.4 Å². The van der Waals surface area contributed by atoms with Crippen molar-refractivity contribution < 1.29 is 8.83 Å². The first-order valence-corrected chi connectivity index (χ1v) is 17.1. The van der Waals surface area contributed by atoms with Crippen molar-refractivity contribution in [2.24, 2.45) is 0 Å². The van der Waals surface area contributed by atoms with Crippen molar-refractivity contribution in [3.05, 3.63) is 170 Å². The lowest BCUT2D eigenvalue weighted by Crippen LogP contribution is -1.91. The molecular formula is C48H28O2. The average molecular weight is 637 g/mol. The third-order valence-electron chi connectivity index (χ3n) is 10.5. The fraction of sp³-hybridized carbons (Fsp3) is 0. The average Bonchev–Trinajstić information content (AvgIpc) is 3.74. The van der Waals surface area contributed by atoms with Crippen LogP contribution in [0, 0.1) is 0 Å². The van der Waals surface area contributed by atoms with E-state index in [9.17, 15) is 0 Å². The zero-order valence-electron chi connectivity index (χ0n) is 27.0. The fourth-order valence-electron chi connectivity index (χ4n) is 8.28. The molecule has 9 aromatic carbocycles. The molecule has 0 N–H and O–H groups in total. The summed E-state index contributed by atoms with van der Waals surface area (Å²) in [6.07, 6.45) is 0. The molecule has 232 valence electrons. The molecule has 50 heavy (non-hydrogen) atoms. The van der Waals surface area contributed by atoms with E-state index in [-0.39, 0.29) is 0 Å². The summed E-state index contributed by atoms with van der Waals surface area (Å²) in [5, 5.41) is 11.9. The third-order valence-corrected chi connectivity index (χ3v) is 10.5. The molecule has 0 saturated heterocycles. The summed E-state index contributed by atoms with van der Waals surface area (Å²) < 4.78 is 13.2. The van der Waals surface area contributed by atoms with Crippen LogP contribution in [0.25, 0.3) is 110 Å². The van der Waals surface area contributed by atoms with E-state index in [1.807, 2.05) is 24.3 Å². The van der Waals surface area contributed by atoms with Gasteiger partial charge in [0.2, 0.25) is 0 Å². The molecule has 0 spiro atoms. The van der Waals surface area contributed by atoms with Gasteiger partial charge in [-0.25, -0.2) is 0 Å². The van der Waals surface area contributed by atoms with Crippen LogP contribution in [0.1, 0.15) is 0 Å². The number of para-hydroxylation sites is 2. The van der Waals surface area contributed by atoms with Crippen LogP contribution in [0.4, 0.5) is 0 Å². The van der Waals surface area contributed by atoms with E-state index in [0.717, 1.165) is 55.0 Å².